The molecule has 3 nitrogen and oxygen atoms in total. The van der Waals surface area contributed by atoms with E-state index in [2.05, 4.69) is 39.7 Å². The summed E-state index contributed by atoms with van der Waals surface area (Å²) in [6, 6.07) is 2.04. The molecule has 0 fully saturated rings. The number of aromatic nitrogens is 2. The second-order valence-electron chi connectivity index (χ2n) is 5.84. The molecule has 0 amide bonds. The summed E-state index contributed by atoms with van der Waals surface area (Å²) in [5.74, 6) is 0. The smallest absolute Gasteiger partial charge is 0.0957 e. The maximum atomic E-state index is 10.2. The van der Waals surface area contributed by atoms with Crippen molar-refractivity contribution in [2.75, 3.05) is 0 Å². The molecule has 1 N–H and O–H groups in total. The lowest BCUT2D eigenvalue weighted by atomic mass is 9.89. The van der Waals surface area contributed by atoms with E-state index in [1.807, 2.05) is 10.7 Å². The average molecular weight is 238 g/mol. The fraction of sp³-hybridized carbons (Fsp3) is 0.786. The highest BCUT2D eigenvalue weighted by Crippen LogP contribution is 2.27. The van der Waals surface area contributed by atoms with Crippen LogP contribution in [0.2, 0.25) is 0 Å². The van der Waals surface area contributed by atoms with Gasteiger partial charge in [0.15, 0.2) is 0 Å². The first-order chi connectivity index (χ1) is 7.87. The number of nitrogens with zero attached hydrogens (tertiary/aromatic N) is 2. The summed E-state index contributed by atoms with van der Waals surface area (Å²) in [4.78, 5) is 0. The molecule has 0 spiro atoms. The molecule has 1 unspecified atom stereocenters. The van der Waals surface area contributed by atoms with Crippen LogP contribution in [-0.4, -0.2) is 14.9 Å². The van der Waals surface area contributed by atoms with Crippen molar-refractivity contribution in [2.24, 2.45) is 5.41 Å². The van der Waals surface area contributed by atoms with Crippen molar-refractivity contribution >= 4 is 0 Å². The Hall–Kier alpha value is -0.830. The molecular weight excluding hydrogens is 212 g/mol. The highest BCUT2D eigenvalue weighted by molar-refractivity contribution is 5.13. The van der Waals surface area contributed by atoms with Gasteiger partial charge in [-0.3, -0.25) is 4.68 Å². The lowest BCUT2D eigenvalue weighted by Gasteiger charge is -2.20. The molecule has 0 aliphatic carbocycles. The third-order valence-corrected chi connectivity index (χ3v) is 3.03. The minimum atomic E-state index is -0.387. The number of hydrogen-bond acceptors (Lipinski definition) is 2. The quantitative estimate of drug-likeness (QED) is 0.854. The van der Waals surface area contributed by atoms with E-state index in [9.17, 15) is 5.11 Å². The molecule has 0 radical (unpaired) electrons. The molecule has 0 saturated heterocycles. The van der Waals surface area contributed by atoms with Crippen LogP contribution in [0, 0.1) is 5.41 Å². The van der Waals surface area contributed by atoms with Gasteiger partial charge in [-0.2, -0.15) is 5.10 Å². The van der Waals surface area contributed by atoms with Gasteiger partial charge in [-0.1, -0.05) is 27.7 Å². The Morgan fingerprint density at radius 3 is 2.47 bits per heavy atom. The average Bonchev–Trinajstić information content (AvgIpc) is 2.68. The Morgan fingerprint density at radius 2 is 2.00 bits per heavy atom. The van der Waals surface area contributed by atoms with Gasteiger partial charge in [0.05, 0.1) is 17.5 Å². The Morgan fingerprint density at radius 1 is 1.35 bits per heavy atom. The van der Waals surface area contributed by atoms with Gasteiger partial charge in [0.25, 0.3) is 0 Å². The third kappa shape index (κ3) is 4.15. The molecule has 3 heteroatoms. The highest BCUT2D eigenvalue weighted by Gasteiger charge is 2.18. The van der Waals surface area contributed by atoms with Crippen LogP contribution in [-0.2, 0) is 13.0 Å². The Kier molecular flexibility index (Phi) is 4.75. The Balaban J connectivity index is 2.73. The second kappa shape index (κ2) is 5.67. The summed E-state index contributed by atoms with van der Waals surface area (Å²) in [6.45, 7) is 11.6. The van der Waals surface area contributed by atoms with Crippen LogP contribution in [0.3, 0.4) is 0 Å². The molecule has 17 heavy (non-hydrogen) atoms. The van der Waals surface area contributed by atoms with Gasteiger partial charge < -0.3 is 5.11 Å². The van der Waals surface area contributed by atoms with Gasteiger partial charge in [-0.05, 0) is 37.7 Å². The summed E-state index contributed by atoms with van der Waals surface area (Å²) in [7, 11) is 0. The van der Waals surface area contributed by atoms with Crippen LogP contribution in [0.5, 0.6) is 0 Å². The number of aliphatic hydroxyl groups is 1. The number of rotatable bonds is 5. The lowest BCUT2D eigenvalue weighted by Crippen LogP contribution is -2.12. The monoisotopic (exact) mass is 238 g/mol. The summed E-state index contributed by atoms with van der Waals surface area (Å²) >= 11 is 0. The van der Waals surface area contributed by atoms with E-state index in [1.165, 1.54) is 0 Å². The Labute approximate surface area is 105 Å². The molecule has 0 aliphatic heterocycles. The number of hydrogen-bond donors (Lipinski definition) is 1. The summed E-state index contributed by atoms with van der Waals surface area (Å²) in [5, 5.41) is 14.7. The van der Waals surface area contributed by atoms with E-state index in [1.54, 1.807) is 0 Å². The van der Waals surface area contributed by atoms with Crippen molar-refractivity contribution in [3.05, 3.63) is 17.5 Å². The van der Waals surface area contributed by atoms with E-state index in [0.717, 1.165) is 37.2 Å². The van der Waals surface area contributed by atoms with Crippen LogP contribution in [0.25, 0.3) is 0 Å². The molecule has 98 valence electrons. The van der Waals surface area contributed by atoms with Crippen LogP contribution in [0.1, 0.15) is 65.0 Å². The molecule has 0 aromatic carbocycles. The van der Waals surface area contributed by atoms with Crippen molar-refractivity contribution in [3.63, 3.8) is 0 Å². The molecule has 1 heterocycles. The molecule has 1 rings (SSSR count). The topological polar surface area (TPSA) is 38.0 Å². The first-order valence-corrected chi connectivity index (χ1v) is 6.62. The summed E-state index contributed by atoms with van der Waals surface area (Å²) < 4.78 is 1.92. The van der Waals surface area contributed by atoms with E-state index >= 15 is 0 Å². The fourth-order valence-electron chi connectivity index (χ4n) is 1.90. The van der Waals surface area contributed by atoms with Gasteiger partial charge in [-0.15, -0.1) is 0 Å². The largest absolute Gasteiger partial charge is 0.387 e. The van der Waals surface area contributed by atoms with Crippen molar-refractivity contribution in [2.45, 2.75) is 66.5 Å². The Bertz CT molecular complexity index is 350. The van der Waals surface area contributed by atoms with E-state index in [0.29, 0.717) is 0 Å². The summed E-state index contributed by atoms with van der Waals surface area (Å²) in [5.41, 5.74) is 2.30. The molecule has 0 bridgehead atoms. The van der Waals surface area contributed by atoms with Crippen LogP contribution >= 0.6 is 0 Å². The van der Waals surface area contributed by atoms with Crippen molar-refractivity contribution in [1.82, 2.24) is 9.78 Å². The second-order valence-corrected chi connectivity index (χ2v) is 5.84. The van der Waals surface area contributed by atoms with Gasteiger partial charge in [0, 0.05) is 6.54 Å². The minimum Gasteiger partial charge on any atom is -0.387 e. The molecule has 0 saturated carbocycles. The van der Waals surface area contributed by atoms with E-state index < -0.39 is 0 Å². The van der Waals surface area contributed by atoms with Gasteiger partial charge in [0.2, 0.25) is 0 Å². The molecular formula is C14H26N2O. The molecule has 0 aliphatic rings. The molecule has 1 atom stereocenters. The van der Waals surface area contributed by atoms with Crippen molar-refractivity contribution < 1.29 is 5.11 Å². The van der Waals surface area contributed by atoms with Crippen molar-refractivity contribution in [1.29, 1.82) is 0 Å². The van der Waals surface area contributed by atoms with Crippen molar-refractivity contribution in [3.8, 4) is 0 Å². The number of aryl methyl sites for hydroxylation is 2. The van der Waals surface area contributed by atoms with E-state index in [4.69, 9.17) is 0 Å². The standard InChI is InChI=1S/C14H26N2O/c1-6-11-10-12(16(7-2)15-11)13(17)8-9-14(3,4)5/h10,13,17H,6-9H2,1-5H3. The maximum Gasteiger partial charge on any atom is 0.0957 e. The normalized spacial score (nSPS) is 14.0. The number of aliphatic hydroxyl groups excluding tert-OH is 1. The molecule has 1 aromatic rings. The van der Waals surface area contributed by atoms with Gasteiger partial charge >= 0.3 is 0 Å². The van der Waals surface area contributed by atoms with Gasteiger partial charge in [0.1, 0.15) is 0 Å². The lowest BCUT2D eigenvalue weighted by molar-refractivity contribution is 0.138. The first-order valence-electron chi connectivity index (χ1n) is 6.62. The van der Waals surface area contributed by atoms with Crippen LogP contribution in [0.15, 0.2) is 6.07 Å². The van der Waals surface area contributed by atoms with Gasteiger partial charge in [-0.25, -0.2) is 0 Å². The van der Waals surface area contributed by atoms with Crippen LogP contribution in [0.4, 0.5) is 0 Å². The molecule has 1 aromatic heterocycles. The minimum absolute atomic E-state index is 0.269. The predicted molar refractivity (Wildman–Crippen MR) is 70.9 cm³/mol. The highest BCUT2D eigenvalue weighted by atomic mass is 16.3. The maximum absolute atomic E-state index is 10.2. The zero-order valence-electron chi connectivity index (χ0n) is 11.8. The third-order valence-electron chi connectivity index (χ3n) is 3.03. The zero-order valence-corrected chi connectivity index (χ0v) is 11.8. The fourth-order valence-corrected chi connectivity index (χ4v) is 1.90. The predicted octanol–water partition coefficient (Wildman–Crippen LogP) is 3.33. The first kappa shape index (κ1) is 14.2. The SMILES string of the molecule is CCc1cc(C(O)CCC(C)(C)C)n(CC)n1. The van der Waals surface area contributed by atoms with Crippen LogP contribution < -0.4 is 0 Å². The van der Waals surface area contributed by atoms with E-state index in [-0.39, 0.29) is 11.5 Å². The zero-order chi connectivity index (χ0) is 13.1. The summed E-state index contributed by atoms with van der Waals surface area (Å²) in [6.07, 6.45) is 2.36.